The van der Waals surface area contributed by atoms with Crippen molar-refractivity contribution in [2.24, 2.45) is 5.92 Å². The standard InChI is InChI=1S/C13H17NO5S/c1-19-13(16)10-4-6-11(7-5-10)20(17,18)14-8-12(15)9-2-3-9/h4-7,9,12,14-15H,2-3,8H2,1H3. The van der Waals surface area contributed by atoms with Gasteiger partial charge >= 0.3 is 5.97 Å². The van der Waals surface area contributed by atoms with E-state index >= 15 is 0 Å². The molecule has 0 aliphatic heterocycles. The zero-order chi connectivity index (χ0) is 14.8. The fourth-order valence-corrected chi connectivity index (χ4v) is 2.87. The minimum Gasteiger partial charge on any atom is -0.465 e. The van der Waals surface area contributed by atoms with E-state index < -0.39 is 22.1 Å². The van der Waals surface area contributed by atoms with Gasteiger partial charge in [-0.1, -0.05) is 0 Å². The van der Waals surface area contributed by atoms with Crippen LogP contribution < -0.4 is 4.72 Å². The van der Waals surface area contributed by atoms with E-state index in [9.17, 15) is 18.3 Å². The molecule has 0 heterocycles. The Bertz CT molecular complexity index is 577. The van der Waals surface area contributed by atoms with E-state index in [1.165, 1.54) is 31.4 Å². The van der Waals surface area contributed by atoms with Gasteiger partial charge in [-0.2, -0.15) is 0 Å². The molecule has 2 rings (SSSR count). The summed E-state index contributed by atoms with van der Waals surface area (Å²) in [6.45, 7) is 0.00571. The summed E-state index contributed by atoms with van der Waals surface area (Å²) >= 11 is 0. The molecule has 1 aromatic rings. The second kappa shape index (κ2) is 5.90. The molecule has 0 bridgehead atoms. The minimum absolute atomic E-state index is 0.00571. The lowest BCUT2D eigenvalue weighted by Gasteiger charge is -2.11. The predicted molar refractivity (Wildman–Crippen MR) is 71.7 cm³/mol. The zero-order valence-corrected chi connectivity index (χ0v) is 11.9. The third-order valence-corrected chi connectivity index (χ3v) is 4.67. The molecular formula is C13H17NO5S. The van der Waals surface area contributed by atoms with Gasteiger partial charge in [0.2, 0.25) is 10.0 Å². The third-order valence-electron chi connectivity index (χ3n) is 3.23. The number of hydrogen-bond acceptors (Lipinski definition) is 5. The molecule has 1 aromatic carbocycles. The number of rotatable bonds is 6. The number of benzene rings is 1. The molecule has 0 saturated heterocycles. The summed E-state index contributed by atoms with van der Waals surface area (Å²) in [5.41, 5.74) is 0.282. The van der Waals surface area contributed by atoms with Crippen molar-refractivity contribution in [3.8, 4) is 0 Å². The Morgan fingerprint density at radius 2 is 2.00 bits per heavy atom. The number of esters is 1. The van der Waals surface area contributed by atoms with Crippen LogP contribution in [0.5, 0.6) is 0 Å². The summed E-state index contributed by atoms with van der Waals surface area (Å²) in [7, 11) is -2.41. The van der Waals surface area contributed by atoms with E-state index in [0.717, 1.165) is 12.8 Å². The molecule has 0 amide bonds. The van der Waals surface area contributed by atoms with Crippen LogP contribution in [0.3, 0.4) is 0 Å². The molecule has 1 unspecified atom stereocenters. The van der Waals surface area contributed by atoms with Crippen LogP contribution in [0.25, 0.3) is 0 Å². The second-order valence-corrected chi connectivity index (χ2v) is 6.54. The average Bonchev–Trinajstić information content (AvgIpc) is 3.28. The van der Waals surface area contributed by atoms with Crippen LogP contribution in [0, 0.1) is 5.92 Å². The predicted octanol–water partition coefficient (Wildman–Crippen LogP) is 0.522. The number of methoxy groups -OCH3 is 1. The van der Waals surface area contributed by atoms with Gasteiger partial charge in [-0.15, -0.1) is 0 Å². The molecule has 6 nitrogen and oxygen atoms in total. The lowest BCUT2D eigenvalue weighted by atomic mass is 10.2. The van der Waals surface area contributed by atoms with Crippen molar-refractivity contribution in [1.29, 1.82) is 0 Å². The monoisotopic (exact) mass is 299 g/mol. The van der Waals surface area contributed by atoms with Gasteiger partial charge in [0.15, 0.2) is 0 Å². The summed E-state index contributed by atoms with van der Waals surface area (Å²) in [5.74, 6) is -0.314. The summed E-state index contributed by atoms with van der Waals surface area (Å²) in [6, 6.07) is 5.44. The van der Waals surface area contributed by atoms with Crippen LogP contribution >= 0.6 is 0 Å². The van der Waals surface area contributed by atoms with Crippen LogP contribution in [-0.4, -0.2) is 39.3 Å². The van der Waals surface area contributed by atoms with E-state index in [4.69, 9.17) is 0 Å². The number of nitrogens with one attached hydrogen (secondary N) is 1. The Labute approximate surface area is 117 Å². The number of hydrogen-bond donors (Lipinski definition) is 2. The van der Waals surface area contributed by atoms with E-state index in [-0.39, 0.29) is 22.9 Å². The summed E-state index contributed by atoms with van der Waals surface area (Å²) in [6.07, 6.45) is 1.24. The first-order valence-electron chi connectivity index (χ1n) is 6.30. The van der Waals surface area contributed by atoms with Crippen molar-refractivity contribution in [2.75, 3.05) is 13.7 Å². The van der Waals surface area contributed by atoms with Crippen LogP contribution in [-0.2, 0) is 14.8 Å². The first kappa shape index (κ1) is 15.0. The van der Waals surface area contributed by atoms with E-state index in [2.05, 4.69) is 9.46 Å². The maximum atomic E-state index is 12.0. The lowest BCUT2D eigenvalue weighted by molar-refractivity contribution is 0.0600. The van der Waals surface area contributed by atoms with Crippen molar-refractivity contribution in [1.82, 2.24) is 4.72 Å². The molecule has 7 heteroatoms. The Morgan fingerprint density at radius 3 is 2.50 bits per heavy atom. The number of carbonyl (C=O) groups is 1. The number of carbonyl (C=O) groups excluding carboxylic acids is 1. The highest BCUT2D eigenvalue weighted by atomic mass is 32.2. The zero-order valence-electron chi connectivity index (χ0n) is 11.1. The first-order chi connectivity index (χ1) is 9.44. The molecule has 2 N–H and O–H groups in total. The summed E-state index contributed by atoms with van der Waals surface area (Å²) in [4.78, 5) is 11.3. The van der Waals surface area contributed by atoms with Crippen LogP contribution in [0.2, 0.25) is 0 Å². The molecule has 0 spiro atoms. The largest absolute Gasteiger partial charge is 0.465 e. The van der Waals surface area contributed by atoms with E-state index in [1.807, 2.05) is 0 Å². The quantitative estimate of drug-likeness (QED) is 0.747. The van der Waals surface area contributed by atoms with E-state index in [0.29, 0.717) is 0 Å². The summed E-state index contributed by atoms with van der Waals surface area (Å²) in [5, 5.41) is 9.66. The second-order valence-electron chi connectivity index (χ2n) is 4.77. The molecule has 0 aromatic heterocycles. The fraction of sp³-hybridized carbons (Fsp3) is 0.462. The number of aliphatic hydroxyl groups excluding tert-OH is 1. The van der Waals surface area contributed by atoms with Crippen molar-refractivity contribution in [3.63, 3.8) is 0 Å². The maximum absolute atomic E-state index is 12.0. The highest BCUT2D eigenvalue weighted by Gasteiger charge is 2.30. The van der Waals surface area contributed by atoms with Crippen LogP contribution in [0.15, 0.2) is 29.2 Å². The van der Waals surface area contributed by atoms with E-state index in [1.54, 1.807) is 0 Å². The summed E-state index contributed by atoms with van der Waals surface area (Å²) < 4.78 is 30.9. The molecule has 1 aliphatic rings. The smallest absolute Gasteiger partial charge is 0.337 e. The molecule has 1 aliphatic carbocycles. The molecule has 1 saturated carbocycles. The Kier molecular flexibility index (Phi) is 4.42. The molecule has 1 fully saturated rings. The molecule has 20 heavy (non-hydrogen) atoms. The topological polar surface area (TPSA) is 92.7 Å². The van der Waals surface area contributed by atoms with Gasteiger partial charge in [0.1, 0.15) is 0 Å². The Morgan fingerprint density at radius 1 is 1.40 bits per heavy atom. The highest BCUT2D eigenvalue weighted by Crippen LogP contribution is 2.32. The van der Waals surface area contributed by atoms with Crippen LogP contribution in [0.1, 0.15) is 23.2 Å². The maximum Gasteiger partial charge on any atom is 0.337 e. The molecule has 110 valence electrons. The van der Waals surface area contributed by atoms with Gasteiger partial charge in [-0.3, -0.25) is 0 Å². The normalized spacial score (nSPS) is 16.7. The van der Waals surface area contributed by atoms with Gasteiger partial charge in [-0.05, 0) is 43.0 Å². The van der Waals surface area contributed by atoms with Crippen molar-refractivity contribution < 1.29 is 23.1 Å². The van der Waals surface area contributed by atoms with Gasteiger partial charge in [0.05, 0.1) is 23.7 Å². The van der Waals surface area contributed by atoms with Crippen molar-refractivity contribution in [3.05, 3.63) is 29.8 Å². The highest BCUT2D eigenvalue weighted by molar-refractivity contribution is 7.89. The SMILES string of the molecule is COC(=O)c1ccc(S(=O)(=O)NCC(O)C2CC2)cc1. The fourth-order valence-electron chi connectivity index (χ4n) is 1.81. The molecular weight excluding hydrogens is 282 g/mol. The average molecular weight is 299 g/mol. The lowest BCUT2D eigenvalue weighted by Crippen LogP contribution is -2.33. The van der Waals surface area contributed by atoms with Gasteiger partial charge in [0, 0.05) is 6.54 Å². The molecule has 1 atom stereocenters. The Balaban J connectivity index is 2.03. The van der Waals surface area contributed by atoms with Gasteiger partial charge in [-0.25, -0.2) is 17.9 Å². The third kappa shape index (κ3) is 3.56. The number of aliphatic hydroxyl groups is 1. The minimum atomic E-state index is -3.67. The Hall–Kier alpha value is -1.44. The number of ether oxygens (including phenoxy) is 1. The first-order valence-corrected chi connectivity index (χ1v) is 7.78. The number of sulfonamides is 1. The van der Waals surface area contributed by atoms with Crippen LogP contribution in [0.4, 0.5) is 0 Å². The van der Waals surface area contributed by atoms with Gasteiger partial charge < -0.3 is 9.84 Å². The molecule has 0 radical (unpaired) electrons. The van der Waals surface area contributed by atoms with Crippen molar-refractivity contribution >= 4 is 16.0 Å². The van der Waals surface area contributed by atoms with Gasteiger partial charge in [0.25, 0.3) is 0 Å². The van der Waals surface area contributed by atoms with Crippen molar-refractivity contribution in [2.45, 2.75) is 23.8 Å².